The molecular formula is C21H27N. The van der Waals surface area contributed by atoms with Gasteiger partial charge in [-0.2, -0.15) is 0 Å². The van der Waals surface area contributed by atoms with E-state index in [9.17, 15) is 0 Å². The summed E-state index contributed by atoms with van der Waals surface area (Å²) in [6.45, 7) is 3.92. The van der Waals surface area contributed by atoms with E-state index >= 15 is 0 Å². The Kier molecular flexibility index (Phi) is 4.16. The third-order valence-electron chi connectivity index (χ3n) is 5.80. The first-order chi connectivity index (χ1) is 10.9. The van der Waals surface area contributed by atoms with Gasteiger partial charge in [-0.15, -0.1) is 0 Å². The quantitative estimate of drug-likeness (QED) is 0.720. The second kappa shape index (κ2) is 6.42. The van der Waals surface area contributed by atoms with Crippen molar-refractivity contribution in [1.29, 1.82) is 0 Å². The molecule has 1 saturated heterocycles. The number of hydrogen-bond donors (Lipinski definition) is 0. The molecule has 0 N–H and O–H groups in total. The molecule has 116 valence electrons. The van der Waals surface area contributed by atoms with E-state index in [1.807, 2.05) is 0 Å². The first-order valence-electron chi connectivity index (χ1n) is 9.08. The zero-order valence-electron chi connectivity index (χ0n) is 13.6. The average Bonchev–Trinajstić information content (AvgIpc) is 3.03. The van der Waals surface area contributed by atoms with Gasteiger partial charge in [-0.05, 0) is 75.7 Å². The van der Waals surface area contributed by atoms with Gasteiger partial charge < -0.3 is 4.90 Å². The molecule has 1 heteroatoms. The average molecular weight is 293 g/mol. The standard InChI is InChI=1S/C21H27N/c1-3-9-19-17(7-1)11-12-18-8-2-4-10-20(18)21(19)13-16-22-14-5-6-15-22/h1-4,7,9,21H,5-6,8,10-16H2. The Morgan fingerprint density at radius 2 is 1.77 bits per heavy atom. The van der Waals surface area contributed by atoms with Crippen LogP contribution in [0.4, 0.5) is 0 Å². The minimum absolute atomic E-state index is 0.666. The largest absolute Gasteiger partial charge is 0.303 e. The lowest BCUT2D eigenvalue weighted by molar-refractivity contribution is 0.326. The predicted octanol–water partition coefficient (Wildman–Crippen LogP) is 4.85. The number of rotatable bonds is 3. The fourth-order valence-electron chi connectivity index (χ4n) is 4.59. The summed E-state index contributed by atoms with van der Waals surface area (Å²) in [4.78, 5) is 2.67. The molecule has 22 heavy (non-hydrogen) atoms. The summed E-state index contributed by atoms with van der Waals surface area (Å²) in [6, 6.07) is 9.23. The lowest BCUT2D eigenvalue weighted by atomic mass is 9.81. The number of allylic oxidation sites excluding steroid dienone is 4. The summed E-state index contributed by atoms with van der Waals surface area (Å²) < 4.78 is 0. The number of fused-ring (bicyclic) bond motifs is 1. The van der Waals surface area contributed by atoms with E-state index in [1.54, 1.807) is 22.3 Å². The molecule has 4 rings (SSSR count). The van der Waals surface area contributed by atoms with E-state index in [4.69, 9.17) is 0 Å². The van der Waals surface area contributed by atoms with Gasteiger partial charge in [0.2, 0.25) is 0 Å². The number of hydrogen-bond acceptors (Lipinski definition) is 1. The van der Waals surface area contributed by atoms with E-state index in [1.165, 1.54) is 64.6 Å². The maximum absolute atomic E-state index is 2.67. The van der Waals surface area contributed by atoms with Crippen LogP contribution in [0.15, 0.2) is 47.6 Å². The fraction of sp³-hybridized carbons (Fsp3) is 0.524. The van der Waals surface area contributed by atoms with Crippen molar-refractivity contribution in [3.8, 4) is 0 Å². The number of likely N-dealkylation sites (tertiary alicyclic amines) is 1. The molecule has 0 saturated carbocycles. The van der Waals surface area contributed by atoms with Crippen molar-refractivity contribution in [1.82, 2.24) is 4.90 Å². The molecule has 0 bridgehead atoms. The van der Waals surface area contributed by atoms with Crippen LogP contribution in [0.3, 0.4) is 0 Å². The van der Waals surface area contributed by atoms with E-state index < -0.39 is 0 Å². The predicted molar refractivity (Wildman–Crippen MR) is 93.2 cm³/mol. The fourth-order valence-corrected chi connectivity index (χ4v) is 4.59. The molecule has 0 radical (unpaired) electrons. The Labute approximate surface area is 134 Å². The summed E-state index contributed by atoms with van der Waals surface area (Å²) in [5.41, 5.74) is 6.72. The van der Waals surface area contributed by atoms with Crippen molar-refractivity contribution in [3.63, 3.8) is 0 Å². The maximum atomic E-state index is 2.67. The van der Waals surface area contributed by atoms with E-state index in [2.05, 4.69) is 41.3 Å². The molecule has 1 atom stereocenters. The maximum Gasteiger partial charge on any atom is 0.00689 e. The SMILES string of the molecule is C1=CCC2=C(C1)CCc1ccccc1C2CCN1CCCC1. The van der Waals surface area contributed by atoms with Crippen LogP contribution >= 0.6 is 0 Å². The highest BCUT2D eigenvalue weighted by Crippen LogP contribution is 2.41. The Morgan fingerprint density at radius 3 is 2.68 bits per heavy atom. The highest BCUT2D eigenvalue weighted by Gasteiger charge is 2.26. The zero-order chi connectivity index (χ0) is 14.8. The first-order valence-corrected chi connectivity index (χ1v) is 9.08. The van der Waals surface area contributed by atoms with Gasteiger partial charge >= 0.3 is 0 Å². The Morgan fingerprint density at radius 1 is 0.955 bits per heavy atom. The lowest BCUT2D eigenvalue weighted by Crippen LogP contribution is -2.23. The van der Waals surface area contributed by atoms with Crippen LogP contribution in [-0.2, 0) is 6.42 Å². The summed E-state index contributed by atoms with van der Waals surface area (Å²) >= 11 is 0. The van der Waals surface area contributed by atoms with Gasteiger partial charge in [0.05, 0.1) is 0 Å². The van der Waals surface area contributed by atoms with Crippen molar-refractivity contribution in [2.75, 3.05) is 19.6 Å². The molecule has 1 aromatic rings. The summed E-state index contributed by atoms with van der Waals surface area (Å²) in [5, 5.41) is 0. The van der Waals surface area contributed by atoms with Gasteiger partial charge in [-0.3, -0.25) is 0 Å². The molecule has 0 spiro atoms. The van der Waals surface area contributed by atoms with Gasteiger partial charge in [0, 0.05) is 5.92 Å². The number of nitrogens with zero attached hydrogens (tertiary/aromatic N) is 1. The van der Waals surface area contributed by atoms with Crippen molar-refractivity contribution >= 4 is 0 Å². The van der Waals surface area contributed by atoms with Crippen LogP contribution in [0, 0.1) is 0 Å². The van der Waals surface area contributed by atoms with Crippen LogP contribution < -0.4 is 0 Å². The topological polar surface area (TPSA) is 3.24 Å². The lowest BCUT2D eigenvalue weighted by Gasteiger charge is -2.26. The van der Waals surface area contributed by atoms with Crippen molar-refractivity contribution in [3.05, 3.63) is 58.7 Å². The van der Waals surface area contributed by atoms with Crippen LogP contribution in [0.2, 0.25) is 0 Å². The second-order valence-corrected chi connectivity index (χ2v) is 7.10. The molecule has 1 fully saturated rings. The molecule has 1 aliphatic heterocycles. The molecular weight excluding hydrogens is 266 g/mol. The Bertz CT molecular complexity index is 590. The Balaban J connectivity index is 1.62. The smallest absolute Gasteiger partial charge is 0.00689 e. The summed E-state index contributed by atoms with van der Waals surface area (Å²) in [6.07, 6.45) is 13.8. The van der Waals surface area contributed by atoms with E-state index in [0.29, 0.717) is 5.92 Å². The minimum atomic E-state index is 0.666. The molecule has 1 unspecified atom stereocenters. The summed E-state index contributed by atoms with van der Waals surface area (Å²) in [5.74, 6) is 0.666. The summed E-state index contributed by atoms with van der Waals surface area (Å²) in [7, 11) is 0. The monoisotopic (exact) mass is 293 g/mol. The van der Waals surface area contributed by atoms with E-state index in [-0.39, 0.29) is 0 Å². The van der Waals surface area contributed by atoms with Gasteiger partial charge in [-0.25, -0.2) is 0 Å². The molecule has 3 aliphatic rings. The van der Waals surface area contributed by atoms with Crippen LogP contribution in [-0.4, -0.2) is 24.5 Å². The van der Waals surface area contributed by atoms with Gasteiger partial charge in [0.15, 0.2) is 0 Å². The third kappa shape index (κ3) is 2.79. The second-order valence-electron chi connectivity index (χ2n) is 7.10. The minimum Gasteiger partial charge on any atom is -0.303 e. The molecule has 0 amide bonds. The molecule has 0 aromatic heterocycles. The zero-order valence-corrected chi connectivity index (χ0v) is 13.6. The van der Waals surface area contributed by atoms with Crippen LogP contribution in [0.1, 0.15) is 55.6 Å². The van der Waals surface area contributed by atoms with Crippen molar-refractivity contribution in [2.24, 2.45) is 0 Å². The highest BCUT2D eigenvalue weighted by atomic mass is 15.1. The van der Waals surface area contributed by atoms with Gasteiger partial charge in [-0.1, -0.05) is 47.6 Å². The molecule has 1 aromatic carbocycles. The van der Waals surface area contributed by atoms with Crippen LogP contribution in [0.5, 0.6) is 0 Å². The Hall–Kier alpha value is -1.34. The van der Waals surface area contributed by atoms with Gasteiger partial charge in [0.1, 0.15) is 0 Å². The van der Waals surface area contributed by atoms with Crippen LogP contribution in [0.25, 0.3) is 0 Å². The first kappa shape index (κ1) is 14.3. The normalized spacial score (nSPS) is 25.0. The highest BCUT2D eigenvalue weighted by molar-refractivity contribution is 5.43. The molecule has 1 nitrogen and oxygen atoms in total. The van der Waals surface area contributed by atoms with Gasteiger partial charge in [0.25, 0.3) is 0 Å². The number of aryl methyl sites for hydroxylation is 1. The molecule has 1 heterocycles. The van der Waals surface area contributed by atoms with E-state index in [0.717, 1.165) is 0 Å². The molecule has 2 aliphatic carbocycles. The van der Waals surface area contributed by atoms with Crippen molar-refractivity contribution in [2.45, 2.75) is 50.9 Å². The number of benzene rings is 1. The van der Waals surface area contributed by atoms with Crippen molar-refractivity contribution < 1.29 is 0 Å². The third-order valence-corrected chi connectivity index (χ3v) is 5.80.